The smallest absolute Gasteiger partial charge is 0.145 e. The van der Waals surface area contributed by atoms with Gasteiger partial charge >= 0.3 is 0 Å². The average Bonchev–Trinajstić information content (AvgIpc) is 2.43. The first kappa shape index (κ1) is 13.7. The largest absolute Gasteiger partial charge is 0.372 e. The predicted octanol–water partition coefficient (Wildman–Crippen LogP) is 3.07. The molecule has 0 fully saturated rings. The van der Waals surface area contributed by atoms with Crippen LogP contribution in [-0.4, -0.2) is 23.6 Å². The van der Waals surface area contributed by atoms with Gasteiger partial charge in [0.25, 0.3) is 0 Å². The van der Waals surface area contributed by atoms with E-state index in [1.54, 1.807) is 19.2 Å². The molecule has 0 bridgehead atoms. The lowest BCUT2D eigenvalue weighted by molar-refractivity contribution is 0.627. The first-order valence-corrected chi connectivity index (χ1v) is 6.66. The van der Waals surface area contributed by atoms with Gasteiger partial charge in [0.15, 0.2) is 0 Å². The fourth-order valence-corrected chi connectivity index (χ4v) is 2.19. The number of benzene rings is 1. The zero-order chi connectivity index (χ0) is 13.7. The Balaban J connectivity index is 1.94. The zero-order valence-electron chi connectivity index (χ0n) is 10.5. The van der Waals surface area contributed by atoms with Crippen LogP contribution < -0.4 is 10.6 Å². The fourth-order valence-electron chi connectivity index (χ4n) is 1.64. The molecule has 0 aliphatic rings. The minimum absolute atomic E-state index is 0.214. The quantitative estimate of drug-likeness (QED) is 0.887. The summed E-state index contributed by atoms with van der Waals surface area (Å²) in [7, 11) is 1.80. The highest BCUT2D eigenvalue weighted by Gasteiger charge is 2.06. The zero-order valence-corrected chi connectivity index (χ0v) is 12.0. The minimum atomic E-state index is -0.214. The third-order valence-electron chi connectivity index (χ3n) is 2.65. The molecule has 1 aromatic heterocycles. The standard InChI is InChI=1S/C13H14BrFN4/c1-16-12-11(14)13(19-8-18-12)17-7-6-9-2-4-10(15)5-3-9/h2-5,8H,6-7H2,1H3,(H2,16,17,18,19). The van der Waals surface area contributed by atoms with Gasteiger partial charge in [-0.1, -0.05) is 12.1 Å². The third kappa shape index (κ3) is 3.64. The number of hydrogen-bond donors (Lipinski definition) is 2. The first-order chi connectivity index (χ1) is 9.20. The van der Waals surface area contributed by atoms with Gasteiger partial charge in [-0.15, -0.1) is 0 Å². The van der Waals surface area contributed by atoms with Crippen molar-refractivity contribution in [2.24, 2.45) is 0 Å². The molecular weight excluding hydrogens is 311 g/mol. The van der Waals surface area contributed by atoms with Gasteiger partial charge in [0, 0.05) is 13.6 Å². The highest BCUT2D eigenvalue weighted by Crippen LogP contribution is 2.25. The van der Waals surface area contributed by atoms with Crippen LogP contribution >= 0.6 is 15.9 Å². The van der Waals surface area contributed by atoms with Crippen LogP contribution in [0.1, 0.15) is 5.56 Å². The maximum Gasteiger partial charge on any atom is 0.145 e. The van der Waals surface area contributed by atoms with Crippen molar-refractivity contribution >= 4 is 27.6 Å². The first-order valence-electron chi connectivity index (χ1n) is 5.87. The lowest BCUT2D eigenvalue weighted by Crippen LogP contribution is -2.08. The Hall–Kier alpha value is -1.69. The summed E-state index contributed by atoms with van der Waals surface area (Å²) in [6.45, 7) is 0.713. The van der Waals surface area contributed by atoms with Gasteiger partial charge in [0.2, 0.25) is 0 Å². The summed E-state index contributed by atoms with van der Waals surface area (Å²) in [4.78, 5) is 8.25. The molecule has 0 unspecified atom stereocenters. The number of nitrogens with one attached hydrogen (secondary N) is 2. The van der Waals surface area contributed by atoms with Crippen LogP contribution in [-0.2, 0) is 6.42 Å². The summed E-state index contributed by atoms with van der Waals surface area (Å²) in [5.74, 6) is 1.26. The molecule has 0 amide bonds. The van der Waals surface area contributed by atoms with E-state index < -0.39 is 0 Å². The molecular formula is C13H14BrFN4. The van der Waals surface area contributed by atoms with Crippen molar-refractivity contribution in [1.29, 1.82) is 0 Å². The highest BCUT2D eigenvalue weighted by atomic mass is 79.9. The normalized spacial score (nSPS) is 10.3. The van der Waals surface area contributed by atoms with Crippen molar-refractivity contribution in [3.8, 4) is 0 Å². The van der Waals surface area contributed by atoms with Crippen molar-refractivity contribution in [2.75, 3.05) is 24.2 Å². The topological polar surface area (TPSA) is 49.8 Å². The Labute approximate surface area is 119 Å². The van der Waals surface area contributed by atoms with E-state index in [2.05, 4.69) is 36.5 Å². The molecule has 19 heavy (non-hydrogen) atoms. The van der Waals surface area contributed by atoms with Gasteiger partial charge in [-0.3, -0.25) is 0 Å². The van der Waals surface area contributed by atoms with E-state index in [0.29, 0.717) is 6.54 Å². The van der Waals surface area contributed by atoms with Crippen molar-refractivity contribution in [3.63, 3.8) is 0 Å². The fraction of sp³-hybridized carbons (Fsp3) is 0.231. The Morgan fingerprint density at radius 3 is 2.53 bits per heavy atom. The summed E-state index contributed by atoms with van der Waals surface area (Å²) in [5, 5.41) is 6.19. The van der Waals surface area contributed by atoms with E-state index >= 15 is 0 Å². The highest BCUT2D eigenvalue weighted by molar-refractivity contribution is 9.10. The maximum absolute atomic E-state index is 12.8. The molecule has 0 spiro atoms. The molecule has 0 aliphatic carbocycles. The number of anilines is 2. The molecule has 1 heterocycles. The molecule has 0 atom stereocenters. The molecule has 0 aliphatic heterocycles. The number of aromatic nitrogens is 2. The Kier molecular flexibility index (Phi) is 4.68. The Morgan fingerprint density at radius 1 is 1.16 bits per heavy atom. The van der Waals surface area contributed by atoms with Gasteiger partial charge in [-0.25, -0.2) is 14.4 Å². The molecule has 1 aromatic carbocycles. The van der Waals surface area contributed by atoms with E-state index in [-0.39, 0.29) is 5.82 Å². The van der Waals surface area contributed by atoms with Gasteiger partial charge in [-0.2, -0.15) is 0 Å². The number of nitrogens with zero attached hydrogens (tertiary/aromatic N) is 2. The van der Waals surface area contributed by atoms with Crippen LogP contribution in [0.4, 0.5) is 16.0 Å². The second kappa shape index (κ2) is 6.47. The lowest BCUT2D eigenvalue weighted by Gasteiger charge is -2.09. The second-order valence-corrected chi connectivity index (χ2v) is 4.73. The van der Waals surface area contributed by atoms with Crippen LogP contribution in [0.3, 0.4) is 0 Å². The van der Waals surface area contributed by atoms with Crippen LogP contribution in [0, 0.1) is 5.82 Å². The summed E-state index contributed by atoms with van der Waals surface area (Å²) >= 11 is 3.44. The van der Waals surface area contributed by atoms with Gasteiger partial charge in [0.05, 0.1) is 0 Å². The molecule has 2 aromatic rings. The van der Waals surface area contributed by atoms with E-state index in [1.165, 1.54) is 18.5 Å². The molecule has 0 saturated heterocycles. The Morgan fingerprint density at radius 2 is 1.84 bits per heavy atom. The summed E-state index contributed by atoms with van der Waals surface area (Å²) in [5.41, 5.74) is 1.08. The van der Waals surface area contributed by atoms with E-state index in [1.807, 2.05) is 0 Å². The molecule has 0 radical (unpaired) electrons. The second-order valence-electron chi connectivity index (χ2n) is 3.94. The summed E-state index contributed by atoms with van der Waals surface area (Å²) < 4.78 is 13.6. The summed E-state index contributed by atoms with van der Waals surface area (Å²) in [6.07, 6.45) is 2.29. The molecule has 100 valence electrons. The molecule has 2 rings (SSSR count). The molecule has 0 saturated carbocycles. The van der Waals surface area contributed by atoms with Gasteiger partial charge in [0.1, 0.15) is 28.3 Å². The van der Waals surface area contributed by atoms with Crippen molar-refractivity contribution in [2.45, 2.75) is 6.42 Å². The summed E-state index contributed by atoms with van der Waals surface area (Å²) in [6, 6.07) is 6.50. The third-order valence-corrected chi connectivity index (χ3v) is 3.40. The SMILES string of the molecule is CNc1ncnc(NCCc2ccc(F)cc2)c1Br. The van der Waals surface area contributed by atoms with Crippen molar-refractivity contribution < 1.29 is 4.39 Å². The van der Waals surface area contributed by atoms with Crippen LogP contribution in [0.5, 0.6) is 0 Å². The monoisotopic (exact) mass is 324 g/mol. The van der Waals surface area contributed by atoms with Gasteiger partial charge in [-0.05, 0) is 40.0 Å². The minimum Gasteiger partial charge on any atom is -0.372 e. The number of hydrogen-bond acceptors (Lipinski definition) is 4. The van der Waals surface area contributed by atoms with Crippen molar-refractivity contribution in [1.82, 2.24) is 9.97 Å². The molecule has 6 heteroatoms. The van der Waals surface area contributed by atoms with Gasteiger partial charge < -0.3 is 10.6 Å². The van der Waals surface area contributed by atoms with E-state index in [9.17, 15) is 4.39 Å². The molecule has 2 N–H and O–H groups in total. The van der Waals surface area contributed by atoms with Crippen LogP contribution in [0.15, 0.2) is 35.1 Å². The van der Waals surface area contributed by atoms with Crippen LogP contribution in [0.2, 0.25) is 0 Å². The predicted molar refractivity (Wildman–Crippen MR) is 77.9 cm³/mol. The van der Waals surface area contributed by atoms with E-state index in [4.69, 9.17) is 0 Å². The van der Waals surface area contributed by atoms with E-state index in [0.717, 1.165) is 28.1 Å². The lowest BCUT2D eigenvalue weighted by atomic mass is 10.1. The van der Waals surface area contributed by atoms with Crippen molar-refractivity contribution in [3.05, 3.63) is 46.4 Å². The number of halogens is 2. The number of rotatable bonds is 5. The Bertz CT molecular complexity index is 545. The average molecular weight is 325 g/mol. The maximum atomic E-state index is 12.8. The van der Waals surface area contributed by atoms with Crippen LogP contribution in [0.25, 0.3) is 0 Å². The molecule has 4 nitrogen and oxygen atoms in total.